The molecule has 0 unspecified atom stereocenters. The number of nitrogens with one attached hydrogen (secondary N) is 3. The average molecular weight is 221 g/mol. The number of hydrogen-bond donors (Lipinski definition) is 3. The van der Waals surface area contributed by atoms with Gasteiger partial charge in [-0.15, -0.1) is 0 Å². The Labute approximate surface area is 93.6 Å². The Bertz CT molecular complexity index is 425. The van der Waals surface area contributed by atoms with Crippen molar-refractivity contribution in [2.45, 2.75) is 26.3 Å². The first-order valence-electron chi connectivity index (χ1n) is 5.41. The average Bonchev–Trinajstić information content (AvgIpc) is 2.68. The summed E-state index contributed by atoms with van der Waals surface area (Å²) in [5.41, 5.74) is 1.11. The van der Waals surface area contributed by atoms with Crippen LogP contribution in [0.15, 0.2) is 6.07 Å². The summed E-state index contributed by atoms with van der Waals surface area (Å²) in [4.78, 5) is 25.3. The van der Waals surface area contributed by atoms with Crippen molar-refractivity contribution in [3.05, 3.63) is 11.8 Å². The lowest BCUT2D eigenvalue weighted by molar-refractivity contribution is -0.118. The van der Waals surface area contributed by atoms with Gasteiger partial charge in [-0.3, -0.25) is 9.59 Å². The number of aromatic nitrogens is 1. The van der Waals surface area contributed by atoms with E-state index in [9.17, 15) is 9.59 Å². The van der Waals surface area contributed by atoms with Crippen LogP contribution >= 0.6 is 0 Å². The summed E-state index contributed by atoms with van der Waals surface area (Å²) < 4.78 is 0. The molecule has 0 aliphatic carbocycles. The highest BCUT2D eigenvalue weighted by molar-refractivity contribution is 6.03. The number of anilines is 2. The van der Waals surface area contributed by atoms with E-state index in [0.29, 0.717) is 17.2 Å². The molecule has 1 aromatic heterocycles. The number of fused-ring (bicyclic) bond motifs is 1. The van der Waals surface area contributed by atoms with Gasteiger partial charge in [0, 0.05) is 0 Å². The van der Waals surface area contributed by atoms with Crippen molar-refractivity contribution in [3.8, 4) is 0 Å². The van der Waals surface area contributed by atoms with Crippen molar-refractivity contribution < 1.29 is 9.59 Å². The molecule has 3 N–H and O–H groups in total. The van der Waals surface area contributed by atoms with Crippen molar-refractivity contribution >= 4 is 23.7 Å². The number of hydrogen-bond acceptors (Lipinski definition) is 3. The Morgan fingerprint density at radius 1 is 1.56 bits per heavy atom. The van der Waals surface area contributed by atoms with Crippen molar-refractivity contribution in [2.75, 3.05) is 10.6 Å². The van der Waals surface area contributed by atoms with Crippen LogP contribution in [0.2, 0.25) is 0 Å². The number of carbonyl (C=O) groups is 2. The van der Waals surface area contributed by atoms with Crippen LogP contribution in [0.25, 0.3) is 0 Å². The molecule has 0 fully saturated rings. The van der Waals surface area contributed by atoms with E-state index in [2.05, 4.69) is 15.6 Å². The molecule has 5 nitrogen and oxygen atoms in total. The zero-order valence-corrected chi connectivity index (χ0v) is 9.33. The van der Waals surface area contributed by atoms with Crippen LogP contribution in [0.4, 0.5) is 11.5 Å². The van der Waals surface area contributed by atoms with E-state index in [0.717, 1.165) is 12.7 Å². The van der Waals surface area contributed by atoms with E-state index in [1.807, 2.05) is 13.8 Å². The summed E-state index contributed by atoms with van der Waals surface area (Å²) >= 11 is 0. The van der Waals surface area contributed by atoms with Gasteiger partial charge in [-0.2, -0.15) is 0 Å². The SMILES string of the molecule is CC[C@H](C)[C@@H]1Nc2[nH]c(C=O)cc2NC1=O. The maximum absolute atomic E-state index is 11.8. The van der Waals surface area contributed by atoms with E-state index < -0.39 is 0 Å². The van der Waals surface area contributed by atoms with Crippen molar-refractivity contribution in [3.63, 3.8) is 0 Å². The molecule has 86 valence electrons. The lowest BCUT2D eigenvalue weighted by atomic mass is 9.97. The molecule has 2 atom stereocenters. The van der Waals surface area contributed by atoms with Crippen LogP contribution in [0.3, 0.4) is 0 Å². The molecular weight excluding hydrogens is 206 g/mol. The summed E-state index contributed by atoms with van der Waals surface area (Å²) in [6.45, 7) is 4.06. The van der Waals surface area contributed by atoms with Gasteiger partial charge in [0.05, 0.1) is 11.4 Å². The van der Waals surface area contributed by atoms with Crippen LogP contribution in [0, 0.1) is 5.92 Å². The molecule has 0 spiro atoms. The van der Waals surface area contributed by atoms with Crippen LogP contribution in [0.5, 0.6) is 0 Å². The Morgan fingerprint density at radius 3 is 2.94 bits per heavy atom. The summed E-state index contributed by atoms with van der Waals surface area (Å²) in [6.07, 6.45) is 1.64. The van der Waals surface area contributed by atoms with Gasteiger partial charge in [-0.05, 0) is 12.0 Å². The van der Waals surface area contributed by atoms with E-state index in [1.54, 1.807) is 6.07 Å². The maximum Gasteiger partial charge on any atom is 0.247 e. The highest BCUT2D eigenvalue weighted by Crippen LogP contribution is 2.29. The molecule has 2 rings (SSSR count). The molecule has 2 heterocycles. The molecular formula is C11H15N3O2. The van der Waals surface area contributed by atoms with Crippen molar-refractivity contribution in [1.82, 2.24) is 4.98 Å². The zero-order valence-electron chi connectivity index (χ0n) is 9.33. The van der Waals surface area contributed by atoms with Gasteiger partial charge < -0.3 is 15.6 Å². The van der Waals surface area contributed by atoms with E-state index in [-0.39, 0.29) is 17.9 Å². The zero-order chi connectivity index (χ0) is 11.7. The van der Waals surface area contributed by atoms with Crippen molar-refractivity contribution in [2.24, 2.45) is 5.92 Å². The fourth-order valence-electron chi connectivity index (χ4n) is 1.82. The number of aldehydes is 1. The molecule has 0 radical (unpaired) electrons. The number of aromatic amines is 1. The molecule has 0 bridgehead atoms. The third-order valence-corrected chi connectivity index (χ3v) is 3.02. The first-order valence-corrected chi connectivity index (χ1v) is 5.41. The largest absolute Gasteiger partial charge is 0.358 e. The lowest BCUT2D eigenvalue weighted by Crippen LogP contribution is -2.42. The monoisotopic (exact) mass is 221 g/mol. The Morgan fingerprint density at radius 2 is 2.31 bits per heavy atom. The predicted molar refractivity (Wildman–Crippen MR) is 61.7 cm³/mol. The molecule has 16 heavy (non-hydrogen) atoms. The number of H-pyrrole nitrogens is 1. The minimum Gasteiger partial charge on any atom is -0.358 e. The van der Waals surface area contributed by atoms with Gasteiger partial charge in [-0.1, -0.05) is 20.3 Å². The van der Waals surface area contributed by atoms with Crippen molar-refractivity contribution in [1.29, 1.82) is 0 Å². The minimum atomic E-state index is -0.240. The third-order valence-electron chi connectivity index (χ3n) is 3.02. The Balaban J connectivity index is 2.26. The van der Waals surface area contributed by atoms with Gasteiger partial charge in [0.1, 0.15) is 11.9 Å². The Kier molecular flexibility index (Phi) is 2.68. The second-order valence-corrected chi connectivity index (χ2v) is 4.13. The van der Waals surface area contributed by atoms with Gasteiger partial charge in [0.2, 0.25) is 5.91 Å². The fourth-order valence-corrected chi connectivity index (χ4v) is 1.82. The molecule has 0 aromatic carbocycles. The van der Waals surface area contributed by atoms with Crippen LogP contribution < -0.4 is 10.6 Å². The smallest absolute Gasteiger partial charge is 0.247 e. The number of rotatable bonds is 3. The molecule has 5 heteroatoms. The Hall–Kier alpha value is -1.78. The molecule has 1 aromatic rings. The summed E-state index contributed by atoms with van der Waals surface area (Å²) in [5.74, 6) is 0.918. The highest BCUT2D eigenvalue weighted by atomic mass is 16.2. The van der Waals surface area contributed by atoms with Gasteiger partial charge in [-0.25, -0.2) is 0 Å². The minimum absolute atomic E-state index is 0.0432. The van der Waals surface area contributed by atoms with E-state index in [4.69, 9.17) is 0 Å². The normalized spacial score (nSPS) is 20.6. The standard InChI is InChI=1S/C11H15N3O2/c1-3-6(2)9-11(16)13-8-4-7(5-15)12-10(8)14-9/h4-6,9,12,14H,3H2,1-2H3,(H,13,16)/t6-,9-/m0/s1. The summed E-state index contributed by atoms with van der Waals surface area (Å²) in [5, 5.41) is 5.91. The number of carbonyl (C=O) groups excluding carboxylic acids is 2. The predicted octanol–water partition coefficient (Wildman–Crippen LogP) is 1.61. The second-order valence-electron chi connectivity index (χ2n) is 4.13. The number of amides is 1. The molecule has 1 amide bonds. The topological polar surface area (TPSA) is 74.0 Å². The van der Waals surface area contributed by atoms with Gasteiger partial charge in [0.25, 0.3) is 0 Å². The summed E-state index contributed by atoms with van der Waals surface area (Å²) in [6, 6.07) is 1.38. The van der Waals surface area contributed by atoms with Crippen LogP contribution in [0.1, 0.15) is 30.8 Å². The lowest BCUT2D eigenvalue weighted by Gasteiger charge is -2.28. The van der Waals surface area contributed by atoms with Gasteiger partial charge >= 0.3 is 0 Å². The van der Waals surface area contributed by atoms with E-state index in [1.165, 1.54) is 0 Å². The first kappa shape index (κ1) is 10.7. The molecule has 0 saturated carbocycles. The highest BCUT2D eigenvalue weighted by Gasteiger charge is 2.30. The second kappa shape index (κ2) is 4.00. The molecule has 1 aliphatic heterocycles. The van der Waals surface area contributed by atoms with Crippen LogP contribution in [-0.4, -0.2) is 23.2 Å². The fraction of sp³-hybridized carbons (Fsp3) is 0.455. The van der Waals surface area contributed by atoms with Crippen LogP contribution in [-0.2, 0) is 4.79 Å². The van der Waals surface area contributed by atoms with E-state index >= 15 is 0 Å². The summed E-state index contributed by atoms with van der Waals surface area (Å²) in [7, 11) is 0. The quantitative estimate of drug-likeness (QED) is 0.679. The van der Waals surface area contributed by atoms with Gasteiger partial charge in [0.15, 0.2) is 6.29 Å². The molecule has 0 saturated heterocycles. The molecule has 1 aliphatic rings. The third kappa shape index (κ3) is 1.68. The maximum atomic E-state index is 11.8. The first-order chi connectivity index (χ1) is 7.65.